The van der Waals surface area contributed by atoms with Gasteiger partial charge in [0.05, 0.1) is 13.0 Å². The Balaban J connectivity index is 1.91. The highest BCUT2D eigenvalue weighted by Crippen LogP contribution is 2.19. The minimum atomic E-state index is -0.211. The highest BCUT2D eigenvalue weighted by Gasteiger charge is 2.30. The maximum Gasteiger partial charge on any atom is 0.310 e. The van der Waals surface area contributed by atoms with Crippen LogP contribution in [0.5, 0.6) is 0 Å². The molecule has 1 aromatic rings. The van der Waals surface area contributed by atoms with E-state index in [0.29, 0.717) is 25.9 Å². The number of rotatable bonds is 4. The van der Waals surface area contributed by atoms with Crippen molar-refractivity contribution in [1.82, 2.24) is 4.90 Å². The smallest absolute Gasteiger partial charge is 0.310 e. The lowest BCUT2D eigenvalue weighted by Crippen LogP contribution is -2.43. The van der Waals surface area contributed by atoms with Crippen LogP contribution in [0.15, 0.2) is 30.3 Å². The van der Waals surface area contributed by atoms with Gasteiger partial charge in [-0.25, -0.2) is 0 Å². The van der Waals surface area contributed by atoms with Gasteiger partial charge in [0.15, 0.2) is 0 Å². The molecule has 1 amide bonds. The van der Waals surface area contributed by atoms with Gasteiger partial charge in [-0.15, -0.1) is 0 Å². The summed E-state index contributed by atoms with van der Waals surface area (Å²) in [6.07, 6.45) is 1.86. The van der Waals surface area contributed by atoms with Crippen LogP contribution in [0.3, 0.4) is 0 Å². The molecule has 1 fully saturated rings. The monoisotopic (exact) mass is 261 g/mol. The lowest BCUT2D eigenvalue weighted by Gasteiger charge is -2.31. The van der Waals surface area contributed by atoms with Gasteiger partial charge in [-0.2, -0.15) is 0 Å². The second kappa shape index (κ2) is 6.36. The van der Waals surface area contributed by atoms with Gasteiger partial charge in [0, 0.05) is 19.5 Å². The molecular formula is C15H19NO3. The number of amides is 1. The third kappa shape index (κ3) is 3.56. The van der Waals surface area contributed by atoms with Crippen molar-refractivity contribution in [2.75, 3.05) is 20.2 Å². The first-order valence-electron chi connectivity index (χ1n) is 6.60. The SMILES string of the molecule is COC(=O)C1CCC(=O)N(CCc2ccccc2)C1. The minimum Gasteiger partial charge on any atom is -0.469 e. The highest BCUT2D eigenvalue weighted by atomic mass is 16.5. The molecule has 1 aliphatic heterocycles. The molecule has 4 heteroatoms. The van der Waals surface area contributed by atoms with Gasteiger partial charge >= 0.3 is 5.97 Å². The van der Waals surface area contributed by atoms with Crippen LogP contribution in [0.1, 0.15) is 18.4 Å². The lowest BCUT2D eigenvalue weighted by atomic mass is 9.97. The third-order valence-electron chi connectivity index (χ3n) is 3.55. The molecule has 0 aliphatic carbocycles. The summed E-state index contributed by atoms with van der Waals surface area (Å²) in [6.45, 7) is 1.15. The van der Waals surface area contributed by atoms with Crippen LogP contribution in [-0.2, 0) is 20.7 Å². The molecule has 1 atom stereocenters. The molecule has 1 unspecified atom stereocenters. The van der Waals surface area contributed by atoms with Crippen LogP contribution in [0.4, 0.5) is 0 Å². The second-order valence-electron chi connectivity index (χ2n) is 4.83. The fraction of sp³-hybridized carbons (Fsp3) is 0.467. The van der Waals surface area contributed by atoms with Gasteiger partial charge < -0.3 is 9.64 Å². The van der Waals surface area contributed by atoms with Gasteiger partial charge in [-0.05, 0) is 18.4 Å². The van der Waals surface area contributed by atoms with Gasteiger partial charge in [-0.3, -0.25) is 9.59 Å². The molecule has 2 rings (SSSR count). The van der Waals surface area contributed by atoms with E-state index < -0.39 is 0 Å². The van der Waals surface area contributed by atoms with Crippen molar-refractivity contribution in [3.8, 4) is 0 Å². The van der Waals surface area contributed by atoms with Crippen molar-refractivity contribution < 1.29 is 14.3 Å². The van der Waals surface area contributed by atoms with Gasteiger partial charge in [0.1, 0.15) is 0 Å². The summed E-state index contributed by atoms with van der Waals surface area (Å²) in [7, 11) is 1.40. The number of hydrogen-bond donors (Lipinski definition) is 0. The van der Waals surface area contributed by atoms with E-state index >= 15 is 0 Å². The van der Waals surface area contributed by atoms with Crippen LogP contribution in [0.25, 0.3) is 0 Å². The molecule has 4 nitrogen and oxygen atoms in total. The summed E-state index contributed by atoms with van der Waals surface area (Å²) in [4.78, 5) is 25.2. The van der Waals surface area contributed by atoms with Crippen LogP contribution in [-0.4, -0.2) is 37.0 Å². The van der Waals surface area contributed by atoms with Gasteiger partial charge in [-0.1, -0.05) is 30.3 Å². The van der Waals surface area contributed by atoms with E-state index in [4.69, 9.17) is 4.74 Å². The topological polar surface area (TPSA) is 46.6 Å². The highest BCUT2D eigenvalue weighted by molar-refractivity contribution is 5.81. The molecule has 0 saturated carbocycles. The van der Waals surface area contributed by atoms with Crippen molar-refractivity contribution in [2.24, 2.45) is 5.92 Å². The van der Waals surface area contributed by atoms with E-state index in [9.17, 15) is 9.59 Å². The first-order valence-corrected chi connectivity index (χ1v) is 6.60. The summed E-state index contributed by atoms with van der Waals surface area (Å²) in [6, 6.07) is 10.1. The Kier molecular flexibility index (Phi) is 4.55. The summed E-state index contributed by atoms with van der Waals surface area (Å²) >= 11 is 0. The Hall–Kier alpha value is -1.84. The third-order valence-corrected chi connectivity index (χ3v) is 3.55. The fourth-order valence-electron chi connectivity index (χ4n) is 2.40. The number of likely N-dealkylation sites (tertiary alicyclic amines) is 1. The predicted octanol–water partition coefficient (Wildman–Crippen LogP) is 1.64. The summed E-state index contributed by atoms with van der Waals surface area (Å²) < 4.78 is 4.76. The summed E-state index contributed by atoms with van der Waals surface area (Å²) in [5.41, 5.74) is 1.20. The summed E-state index contributed by atoms with van der Waals surface area (Å²) in [5.74, 6) is -0.244. The van der Waals surface area contributed by atoms with Gasteiger partial charge in [0.25, 0.3) is 0 Å². The molecule has 0 bridgehead atoms. The number of benzene rings is 1. The van der Waals surface area contributed by atoms with E-state index in [1.165, 1.54) is 12.7 Å². The maximum atomic E-state index is 11.8. The number of carbonyl (C=O) groups excluding carboxylic acids is 2. The molecule has 1 saturated heterocycles. The Morgan fingerprint density at radius 2 is 2.11 bits per heavy atom. The molecule has 0 spiro atoms. The first kappa shape index (κ1) is 13.6. The zero-order chi connectivity index (χ0) is 13.7. The molecule has 0 N–H and O–H groups in total. The number of esters is 1. The van der Waals surface area contributed by atoms with E-state index in [2.05, 4.69) is 0 Å². The lowest BCUT2D eigenvalue weighted by molar-refractivity contribution is -0.150. The molecule has 102 valence electrons. The van der Waals surface area contributed by atoms with E-state index in [-0.39, 0.29) is 17.8 Å². The zero-order valence-electron chi connectivity index (χ0n) is 11.2. The number of ether oxygens (including phenoxy) is 1. The molecule has 1 aromatic carbocycles. The molecule has 1 heterocycles. The molecule has 0 radical (unpaired) electrons. The first-order chi connectivity index (χ1) is 9.20. The normalized spacial score (nSPS) is 19.3. The average molecular weight is 261 g/mol. The van der Waals surface area contributed by atoms with Crippen LogP contribution < -0.4 is 0 Å². The summed E-state index contributed by atoms with van der Waals surface area (Å²) in [5, 5.41) is 0. The van der Waals surface area contributed by atoms with E-state index in [1.807, 2.05) is 30.3 Å². The van der Waals surface area contributed by atoms with Crippen LogP contribution in [0, 0.1) is 5.92 Å². The number of piperidine rings is 1. The average Bonchev–Trinajstić information content (AvgIpc) is 2.46. The van der Waals surface area contributed by atoms with E-state index in [0.717, 1.165) is 6.42 Å². The number of carbonyl (C=O) groups is 2. The molecule has 1 aliphatic rings. The number of nitrogens with zero attached hydrogens (tertiary/aromatic N) is 1. The van der Waals surface area contributed by atoms with E-state index in [1.54, 1.807) is 4.90 Å². The van der Waals surface area contributed by atoms with Crippen molar-refractivity contribution >= 4 is 11.9 Å². The van der Waals surface area contributed by atoms with Gasteiger partial charge in [0.2, 0.25) is 5.91 Å². The quantitative estimate of drug-likeness (QED) is 0.774. The Morgan fingerprint density at radius 1 is 1.37 bits per heavy atom. The standard InChI is InChI=1S/C15H19NO3/c1-19-15(18)13-7-8-14(17)16(11-13)10-9-12-5-3-2-4-6-12/h2-6,13H,7-11H2,1H3. The Labute approximate surface area is 113 Å². The number of methoxy groups -OCH3 is 1. The molecule has 0 aromatic heterocycles. The minimum absolute atomic E-state index is 0.135. The maximum absolute atomic E-state index is 11.8. The van der Waals surface area contributed by atoms with Crippen LogP contribution >= 0.6 is 0 Å². The van der Waals surface area contributed by atoms with Crippen molar-refractivity contribution in [3.05, 3.63) is 35.9 Å². The van der Waals surface area contributed by atoms with Crippen molar-refractivity contribution in [1.29, 1.82) is 0 Å². The zero-order valence-corrected chi connectivity index (χ0v) is 11.2. The van der Waals surface area contributed by atoms with Crippen molar-refractivity contribution in [3.63, 3.8) is 0 Å². The number of hydrogen-bond acceptors (Lipinski definition) is 3. The Morgan fingerprint density at radius 3 is 2.79 bits per heavy atom. The Bertz CT molecular complexity index is 444. The van der Waals surface area contributed by atoms with Crippen LogP contribution in [0.2, 0.25) is 0 Å². The van der Waals surface area contributed by atoms with Crippen molar-refractivity contribution in [2.45, 2.75) is 19.3 Å². The molecule has 19 heavy (non-hydrogen) atoms. The second-order valence-corrected chi connectivity index (χ2v) is 4.83. The fourth-order valence-corrected chi connectivity index (χ4v) is 2.40. The largest absolute Gasteiger partial charge is 0.469 e. The molecular weight excluding hydrogens is 242 g/mol. The predicted molar refractivity (Wildman–Crippen MR) is 71.5 cm³/mol.